The number of hydrogen-bond acceptors (Lipinski definition) is 4. The normalized spacial score (nSPS) is 22.0. The van der Waals surface area contributed by atoms with E-state index in [-0.39, 0.29) is 13.1 Å². The number of amides is 1. The summed E-state index contributed by atoms with van der Waals surface area (Å²) >= 11 is 0. The van der Waals surface area contributed by atoms with Gasteiger partial charge < -0.3 is 15.2 Å². The average molecular weight is 374 g/mol. The molecule has 0 aliphatic carbocycles. The molecule has 26 heavy (non-hydrogen) atoms. The Morgan fingerprint density at radius 3 is 2.54 bits per heavy atom. The molecule has 1 aliphatic rings. The zero-order chi connectivity index (χ0) is 19.5. The van der Waals surface area contributed by atoms with Gasteiger partial charge in [-0.3, -0.25) is 14.5 Å². The maximum Gasteiger partial charge on any atom is 0.393 e. The largest absolute Gasteiger partial charge is 0.496 e. The molecule has 1 aromatic carbocycles. The first-order valence-electron chi connectivity index (χ1n) is 8.08. The second-order valence-electron chi connectivity index (χ2n) is 6.25. The van der Waals surface area contributed by atoms with Crippen molar-refractivity contribution in [1.82, 2.24) is 10.2 Å². The molecule has 0 bridgehead atoms. The fourth-order valence-corrected chi connectivity index (χ4v) is 3.08. The van der Waals surface area contributed by atoms with E-state index in [1.165, 1.54) is 18.9 Å². The van der Waals surface area contributed by atoms with Crippen LogP contribution in [0, 0.1) is 11.8 Å². The van der Waals surface area contributed by atoms with E-state index in [9.17, 15) is 22.8 Å². The Labute approximate surface area is 148 Å². The summed E-state index contributed by atoms with van der Waals surface area (Å²) in [6, 6.07) is 6.18. The minimum Gasteiger partial charge on any atom is -0.496 e. The van der Waals surface area contributed by atoms with Gasteiger partial charge in [-0.15, -0.1) is 0 Å². The van der Waals surface area contributed by atoms with Crippen LogP contribution in [0.1, 0.15) is 12.5 Å². The summed E-state index contributed by atoms with van der Waals surface area (Å²) in [5, 5.41) is 11.7. The summed E-state index contributed by atoms with van der Waals surface area (Å²) < 4.78 is 44.3. The van der Waals surface area contributed by atoms with Gasteiger partial charge >= 0.3 is 12.1 Å². The quantitative estimate of drug-likeness (QED) is 0.795. The minimum atomic E-state index is -4.62. The molecule has 3 atom stereocenters. The average Bonchev–Trinajstić information content (AvgIpc) is 3.05. The number of carbonyl (C=O) groups excluding carboxylic acids is 1. The maximum absolute atomic E-state index is 13.1. The lowest BCUT2D eigenvalue weighted by molar-refractivity contribution is -0.188. The van der Waals surface area contributed by atoms with Crippen LogP contribution in [0.25, 0.3) is 0 Å². The van der Waals surface area contributed by atoms with Crippen LogP contribution in [0.15, 0.2) is 24.3 Å². The Morgan fingerprint density at radius 2 is 2.00 bits per heavy atom. The van der Waals surface area contributed by atoms with Crippen LogP contribution >= 0.6 is 0 Å². The summed E-state index contributed by atoms with van der Waals surface area (Å²) in [4.78, 5) is 24.7. The highest BCUT2D eigenvalue weighted by Gasteiger charge is 2.53. The Bertz CT molecular complexity index is 666. The van der Waals surface area contributed by atoms with Crippen molar-refractivity contribution >= 4 is 11.9 Å². The maximum atomic E-state index is 13.1. The number of methoxy groups -OCH3 is 1. The van der Waals surface area contributed by atoms with Gasteiger partial charge in [0.15, 0.2) is 0 Å². The number of nitrogens with zero attached hydrogens (tertiary/aromatic N) is 1. The van der Waals surface area contributed by atoms with E-state index < -0.39 is 42.5 Å². The van der Waals surface area contributed by atoms with Crippen molar-refractivity contribution in [2.24, 2.45) is 11.8 Å². The van der Waals surface area contributed by atoms with Crippen LogP contribution in [0.2, 0.25) is 0 Å². The van der Waals surface area contributed by atoms with Gasteiger partial charge in [-0.25, -0.2) is 0 Å². The lowest BCUT2D eigenvalue weighted by Gasteiger charge is -2.24. The van der Waals surface area contributed by atoms with Crippen molar-refractivity contribution in [3.63, 3.8) is 0 Å². The summed E-state index contributed by atoms with van der Waals surface area (Å²) in [6.45, 7) is 0.799. The number of hydrogen-bond donors (Lipinski definition) is 2. The van der Waals surface area contributed by atoms with Gasteiger partial charge in [-0.1, -0.05) is 18.2 Å². The second-order valence-corrected chi connectivity index (χ2v) is 6.25. The van der Waals surface area contributed by atoms with E-state index in [1.807, 2.05) is 0 Å². The van der Waals surface area contributed by atoms with Gasteiger partial charge in [-0.2, -0.15) is 13.2 Å². The van der Waals surface area contributed by atoms with Gasteiger partial charge in [0.25, 0.3) is 0 Å². The lowest BCUT2D eigenvalue weighted by atomic mass is 9.96. The number of likely N-dealkylation sites (tertiary alicyclic amines) is 1. The minimum absolute atomic E-state index is 0.159. The standard InChI is InChI=1S/C17H21F3N2O4/c1-10(15(23)21-7-11-5-3-4-6-14(11)26-2)22-8-12(16(24)25)13(9-22)17(18,19)20/h3-6,10,12-13H,7-9H2,1-2H3,(H,21,23)(H,24,25)/t10?,12-,13-/m1/s1. The highest BCUT2D eigenvalue weighted by molar-refractivity contribution is 5.81. The van der Waals surface area contributed by atoms with E-state index in [4.69, 9.17) is 9.84 Å². The lowest BCUT2D eigenvalue weighted by Crippen LogP contribution is -2.44. The molecule has 0 saturated carbocycles. The highest BCUT2D eigenvalue weighted by atomic mass is 19.4. The van der Waals surface area contributed by atoms with E-state index in [0.717, 1.165) is 5.56 Å². The zero-order valence-electron chi connectivity index (χ0n) is 14.4. The Balaban J connectivity index is 2.01. The van der Waals surface area contributed by atoms with Gasteiger partial charge in [0.1, 0.15) is 5.75 Å². The number of carbonyl (C=O) groups is 2. The van der Waals surface area contributed by atoms with Crippen molar-refractivity contribution in [3.8, 4) is 5.75 Å². The van der Waals surface area contributed by atoms with E-state index >= 15 is 0 Å². The number of carboxylic acids is 1. The third kappa shape index (κ3) is 4.46. The van der Waals surface area contributed by atoms with E-state index in [0.29, 0.717) is 5.75 Å². The monoisotopic (exact) mass is 374 g/mol. The molecule has 1 heterocycles. The number of ether oxygens (including phenoxy) is 1. The van der Waals surface area contributed by atoms with Crippen LogP contribution in [-0.2, 0) is 16.1 Å². The molecule has 1 aromatic rings. The smallest absolute Gasteiger partial charge is 0.393 e. The van der Waals surface area contributed by atoms with Gasteiger partial charge in [0.05, 0.1) is 25.0 Å². The molecular formula is C17H21F3N2O4. The molecule has 9 heteroatoms. The number of carboxylic acid groups (broad SMARTS) is 1. The first-order valence-corrected chi connectivity index (χ1v) is 8.08. The van der Waals surface area contributed by atoms with Crippen molar-refractivity contribution < 1.29 is 32.6 Å². The van der Waals surface area contributed by atoms with Crippen LogP contribution in [0.3, 0.4) is 0 Å². The molecule has 0 aromatic heterocycles. The summed E-state index contributed by atoms with van der Waals surface area (Å²) in [6.07, 6.45) is -4.62. The van der Waals surface area contributed by atoms with Crippen molar-refractivity contribution in [3.05, 3.63) is 29.8 Å². The summed E-state index contributed by atoms with van der Waals surface area (Å²) in [5.41, 5.74) is 0.730. The predicted octanol–water partition coefficient (Wildman–Crippen LogP) is 1.89. The molecule has 144 valence electrons. The topological polar surface area (TPSA) is 78.9 Å². The third-order valence-corrected chi connectivity index (χ3v) is 4.66. The second kappa shape index (κ2) is 7.94. The number of rotatable bonds is 6. The fourth-order valence-electron chi connectivity index (χ4n) is 3.08. The molecular weight excluding hydrogens is 353 g/mol. The fraction of sp³-hybridized carbons (Fsp3) is 0.529. The van der Waals surface area contributed by atoms with Gasteiger partial charge in [-0.05, 0) is 13.0 Å². The molecule has 1 aliphatic heterocycles. The van der Waals surface area contributed by atoms with Gasteiger partial charge in [0, 0.05) is 25.2 Å². The van der Waals surface area contributed by atoms with Crippen LogP contribution in [0.5, 0.6) is 5.75 Å². The molecule has 1 unspecified atom stereocenters. The third-order valence-electron chi connectivity index (χ3n) is 4.66. The molecule has 0 radical (unpaired) electrons. The first-order chi connectivity index (χ1) is 12.1. The summed E-state index contributed by atoms with van der Waals surface area (Å²) in [5.74, 6) is -4.94. The molecule has 2 N–H and O–H groups in total. The number of nitrogens with one attached hydrogen (secondary N) is 1. The number of benzene rings is 1. The first kappa shape index (κ1) is 20.0. The van der Waals surface area contributed by atoms with E-state index in [1.54, 1.807) is 24.3 Å². The van der Waals surface area contributed by atoms with E-state index in [2.05, 4.69) is 5.32 Å². The Morgan fingerprint density at radius 1 is 1.35 bits per heavy atom. The molecule has 2 rings (SSSR count). The van der Waals surface area contributed by atoms with Crippen molar-refractivity contribution in [1.29, 1.82) is 0 Å². The number of alkyl halides is 3. The zero-order valence-corrected chi connectivity index (χ0v) is 14.4. The van der Waals surface area contributed by atoms with Crippen LogP contribution < -0.4 is 10.1 Å². The molecule has 6 nitrogen and oxygen atoms in total. The highest BCUT2D eigenvalue weighted by Crippen LogP contribution is 2.38. The van der Waals surface area contributed by atoms with Crippen LogP contribution in [-0.4, -0.2) is 54.3 Å². The molecule has 1 amide bonds. The Kier molecular flexibility index (Phi) is 6.12. The number of para-hydroxylation sites is 1. The SMILES string of the molecule is COc1ccccc1CNC(=O)C(C)N1C[C@@H](C(F)(F)F)[C@H](C(=O)O)C1. The molecule has 0 spiro atoms. The Hall–Kier alpha value is -2.29. The van der Waals surface area contributed by atoms with Gasteiger partial charge in [0.2, 0.25) is 5.91 Å². The number of halogens is 3. The number of aliphatic carboxylic acids is 1. The van der Waals surface area contributed by atoms with Crippen LogP contribution in [0.4, 0.5) is 13.2 Å². The van der Waals surface area contributed by atoms with Crippen molar-refractivity contribution in [2.75, 3.05) is 20.2 Å². The summed E-state index contributed by atoms with van der Waals surface area (Å²) in [7, 11) is 1.50. The predicted molar refractivity (Wildman–Crippen MR) is 86.5 cm³/mol. The molecule has 1 fully saturated rings. The van der Waals surface area contributed by atoms with Crippen molar-refractivity contribution in [2.45, 2.75) is 25.7 Å². The molecule has 1 saturated heterocycles.